The fourth-order valence-electron chi connectivity index (χ4n) is 3.13. The Hall–Kier alpha value is -3.65. The molecular formula is C23H17F2N3O2S. The predicted molar refractivity (Wildman–Crippen MR) is 114 cm³/mol. The third-order valence-corrected chi connectivity index (χ3v) is 5.78. The van der Waals surface area contributed by atoms with Crippen molar-refractivity contribution in [1.29, 1.82) is 0 Å². The van der Waals surface area contributed by atoms with Crippen molar-refractivity contribution in [3.05, 3.63) is 101 Å². The number of imidazole rings is 1. The van der Waals surface area contributed by atoms with Crippen LogP contribution in [0.1, 0.15) is 20.0 Å². The molecule has 1 atom stereocenters. The van der Waals surface area contributed by atoms with Gasteiger partial charge in [-0.2, -0.15) is 0 Å². The first-order chi connectivity index (χ1) is 15.0. The zero-order valence-corrected chi connectivity index (χ0v) is 17.0. The van der Waals surface area contributed by atoms with Gasteiger partial charge in [0.05, 0.1) is 17.7 Å². The van der Waals surface area contributed by atoms with Crippen LogP contribution in [0.25, 0.3) is 10.4 Å². The third-order valence-electron chi connectivity index (χ3n) is 4.66. The van der Waals surface area contributed by atoms with Crippen LogP contribution in [0.5, 0.6) is 0 Å². The normalized spacial score (nSPS) is 11.8. The highest BCUT2D eigenvalue weighted by Crippen LogP contribution is 2.30. The number of ketones is 1. The summed E-state index contributed by atoms with van der Waals surface area (Å²) >= 11 is 1.07. The third kappa shape index (κ3) is 4.75. The minimum Gasteiger partial charge on any atom is -0.339 e. The van der Waals surface area contributed by atoms with E-state index < -0.39 is 23.6 Å². The number of amides is 1. The second kappa shape index (κ2) is 9.01. The Kier molecular flexibility index (Phi) is 5.99. The summed E-state index contributed by atoms with van der Waals surface area (Å²) in [5.74, 6) is -2.05. The lowest BCUT2D eigenvalue weighted by molar-refractivity contribution is 0.0850. The topological polar surface area (TPSA) is 64.0 Å². The van der Waals surface area contributed by atoms with Gasteiger partial charge in [-0.05, 0) is 24.3 Å². The Bertz CT molecular complexity index is 1210. The summed E-state index contributed by atoms with van der Waals surface area (Å²) in [6.45, 7) is 0.213. The van der Waals surface area contributed by atoms with Crippen LogP contribution in [0.2, 0.25) is 0 Å². The van der Waals surface area contributed by atoms with Crippen molar-refractivity contribution in [3.8, 4) is 10.4 Å². The molecule has 1 unspecified atom stereocenters. The monoisotopic (exact) mass is 437 g/mol. The number of nitrogens with one attached hydrogen (secondary N) is 1. The van der Waals surface area contributed by atoms with Crippen LogP contribution in [0.15, 0.2) is 79.4 Å². The van der Waals surface area contributed by atoms with E-state index in [2.05, 4.69) is 10.3 Å². The Morgan fingerprint density at radius 1 is 1.06 bits per heavy atom. The average molecular weight is 437 g/mol. The lowest BCUT2D eigenvalue weighted by atomic mass is 10.0. The second-order valence-corrected chi connectivity index (χ2v) is 7.89. The summed E-state index contributed by atoms with van der Waals surface area (Å²) < 4.78 is 29.0. The van der Waals surface area contributed by atoms with E-state index in [0.717, 1.165) is 23.5 Å². The van der Waals surface area contributed by atoms with Crippen molar-refractivity contribution in [2.75, 3.05) is 0 Å². The minimum atomic E-state index is -0.822. The van der Waals surface area contributed by atoms with E-state index in [9.17, 15) is 18.4 Å². The number of rotatable bonds is 7. The lowest BCUT2D eigenvalue weighted by Crippen LogP contribution is -2.43. The second-order valence-electron chi connectivity index (χ2n) is 6.80. The highest BCUT2D eigenvalue weighted by atomic mass is 32.1. The van der Waals surface area contributed by atoms with E-state index in [1.807, 2.05) is 6.07 Å². The van der Waals surface area contributed by atoms with E-state index in [-0.39, 0.29) is 17.9 Å². The van der Waals surface area contributed by atoms with Gasteiger partial charge in [0.1, 0.15) is 17.7 Å². The Balaban J connectivity index is 1.56. The number of hydrogen-bond donors (Lipinski definition) is 1. The molecule has 5 nitrogen and oxygen atoms in total. The standard InChI is InChI=1S/C23H17F2N3O2S/c24-16-6-7-17(18(25)12-16)20-8-9-21(31-20)23(30)27-19(13-28-11-10-26-14-28)22(29)15-4-2-1-3-5-15/h1-12,14,19H,13H2,(H,27,30). The fraction of sp³-hybridized carbons (Fsp3) is 0.0870. The Morgan fingerprint density at radius 2 is 1.87 bits per heavy atom. The number of carbonyl (C=O) groups is 2. The van der Waals surface area contributed by atoms with Crippen LogP contribution in [0.3, 0.4) is 0 Å². The summed E-state index contributed by atoms with van der Waals surface area (Å²) in [5, 5.41) is 2.78. The summed E-state index contributed by atoms with van der Waals surface area (Å²) in [6, 6.07) is 14.3. The highest BCUT2D eigenvalue weighted by Gasteiger charge is 2.24. The molecule has 0 aliphatic rings. The average Bonchev–Trinajstić information content (AvgIpc) is 3.46. The first-order valence-electron chi connectivity index (χ1n) is 9.42. The number of nitrogens with zero attached hydrogens (tertiary/aromatic N) is 2. The molecule has 0 aliphatic carbocycles. The number of benzene rings is 2. The van der Waals surface area contributed by atoms with Gasteiger partial charge >= 0.3 is 0 Å². The lowest BCUT2D eigenvalue weighted by Gasteiger charge is -2.18. The van der Waals surface area contributed by atoms with Crippen LogP contribution in [0.4, 0.5) is 8.78 Å². The van der Waals surface area contributed by atoms with Crippen LogP contribution >= 0.6 is 11.3 Å². The molecule has 0 bridgehead atoms. The van der Waals surface area contributed by atoms with Gasteiger partial charge in [-0.25, -0.2) is 13.8 Å². The van der Waals surface area contributed by atoms with E-state index in [1.54, 1.807) is 59.7 Å². The molecule has 8 heteroatoms. The van der Waals surface area contributed by atoms with Crippen LogP contribution in [0, 0.1) is 11.6 Å². The molecular weight excluding hydrogens is 420 g/mol. The van der Waals surface area contributed by atoms with Crippen LogP contribution in [-0.2, 0) is 6.54 Å². The molecule has 156 valence electrons. The van der Waals surface area contributed by atoms with Crippen molar-refractivity contribution < 1.29 is 18.4 Å². The minimum absolute atomic E-state index is 0.209. The summed E-state index contributed by atoms with van der Waals surface area (Å²) in [5.41, 5.74) is 0.689. The smallest absolute Gasteiger partial charge is 0.262 e. The zero-order chi connectivity index (χ0) is 21.8. The molecule has 1 N–H and O–H groups in total. The van der Waals surface area contributed by atoms with Gasteiger partial charge in [0.2, 0.25) is 0 Å². The molecule has 31 heavy (non-hydrogen) atoms. The van der Waals surface area contributed by atoms with Gasteiger partial charge in [-0.3, -0.25) is 9.59 Å². The summed E-state index contributed by atoms with van der Waals surface area (Å²) in [7, 11) is 0. The molecule has 0 radical (unpaired) electrons. The molecule has 4 aromatic rings. The van der Waals surface area contributed by atoms with E-state index in [4.69, 9.17) is 0 Å². The molecule has 2 aromatic heterocycles. The summed E-state index contributed by atoms with van der Waals surface area (Å²) in [4.78, 5) is 30.7. The van der Waals surface area contributed by atoms with E-state index in [0.29, 0.717) is 15.3 Å². The van der Waals surface area contributed by atoms with Crippen LogP contribution in [-0.4, -0.2) is 27.3 Å². The molecule has 4 rings (SSSR count). The number of carbonyl (C=O) groups excluding carboxylic acids is 2. The summed E-state index contributed by atoms with van der Waals surface area (Å²) in [6.07, 6.45) is 4.87. The number of hydrogen-bond acceptors (Lipinski definition) is 4. The van der Waals surface area contributed by atoms with Crippen molar-refractivity contribution >= 4 is 23.0 Å². The van der Waals surface area contributed by atoms with Gasteiger partial charge in [-0.1, -0.05) is 30.3 Å². The maximum atomic E-state index is 14.1. The maximum Gasteiger partial charge on any atom is 0.262 e. The largest absolute Gasteiger partial charge is 0.339 e. The Morgan fingerprint density at radius 3 is 2.58 bits per heavy atom. The van der Waals surface area contributed by atoms with Gasteiger partial charge in [0, 0.05) is 34.5 Å². The molecule has 0 fully saturated rings. The van der Waals surface area contributed by atoms with E-state index >= 15 is 0 Å². The molecule has 0 saturated heterocycles. The van der Waals surface area contributed by atoms with Crippen molar-refractivity contribution in [1.82, 2.24) is 14.9 Å². The van der Waals surface area contributed by atoms with Gasteiger partial charge < -0.3 is 9.88 Å². The molecule has 0 aliphatic heterocycles. The quantitative estimate of drug-likeness (QED) is 0.431. The molecule has 2 aromatic carbocycles. The number of halogens is 2. The van der Waals surface area contributed by atoms with Gasteiger partial charge in [-0.15, -0.1) is 11.3 Å². The SMILES string of the molecule is O=C(NC(Cn1ccnc1)C(=O)c1ccccc1)c1ccc(-c2ccc(F)cc2F)s1. The van der Waals surface area contributed by atoms with Crippen molar-refractivity contribution in [2.45, 2.75) is 12.6 Å². The maximum absolute atomic E-state index is 14.1. The first-order valence-corrected chi connectivity index (χ1v) is 10.2. The number of Topliss-reactive ketones (excluding diaryl/α,β-unsaturated/α-hetero) is 1. The number of thiophene rings is 1. The predicted octanol–water partition coefficient (Wildman–Crippen LogP) is 4.57. The van der Waals surface area contributed by atoms with Crippen molar-refractivity contribution in [3.63, 3.8) is 0 Å². The Labute approximate surface area is 181 Å². The number of aromatic nitrogens is 2. The molecule has 0 spiro atoms. The highest BCUT2D eigenvalue weighted by molar-refractivity contribution is 7.17. The van der Waals surface area contributed by atoms with E-state index in [1.165, 1.54) is 6.07 Å². The first kappa shape index (κ1) is 20.6. The fourth-order valence-corrected chi connectivity index (χ4v) is 4.06. The van der Waals surface area contributed by atoms with Gasteiger partial charge in [0.25, 0.3) is 5.91 Å². The van der Waals surface area contributed by atoms with Gasteiger partial charge in [0.15, 0.2) is 5.78 Å². The van der Waals surface area contributed by atoms with Crippen LogP contribution < -0.4 is 5.32 Å². The molecule has 0 saturated carbocycles. The van der Waals surface area contributed by atoms with Crippen molar-refractivity contribution in [2.24, 2.45) is 0 Å². The molecule has 2 heterocycles. The zero-order valence-electron chi connectivity index (χ0n) is 16.2. The molecule has 1 amide bonds.